The van der Waals surface area contributed by atoms with Crippen LogP contribution in [0.3, 0.4) is 0 Å². The number of ketones is 1. The summed E-state index contributed by atoms with van der Waals surface area (Å²) in [5.74, 6) is -0.231. The van der Waals surface area contributed by atoms with Gasteiger partial charge in [-0.25, -0.2) is 0 Å². The summed E-state index contributed by atoms with van der Waals surface area (Å²) in [6, 6.07) is 7.38. The molecule has 1 aromatic carbocycles. The number of carbonyl (C=O) groups is 2. The number of rotatable bonds is 4. The Morgan fingerprint density at radius 2 is 1.81 bits per heavy atom. The van der Waals surface area contributed by atoms with E-state index >= 15 is 0 Å². The molecule has 4 rings (SSSR count). The molecule has 2 bridgehead atoms. The zero-order valence-corrected chi connectivity index (χ0v) is 12.3. The molecule has 1 unspecified atom stereocenters. The van der Waals surface area contributed by atoms with E-state index < -0.39 is 0 Å². The molecule has 0 aromatic heterocycles. The van der Waals surface area contributed by atoms with Crippen LogP contribution < -0.4 is 5.32 Å². The van der Waals surface area contributed by atoms with Crippen molar-refractivity contribution in [3.05, 3.63) is 35.4 Å². The second-order valence-corrected chi connectivity index (χ2v) is 5.80. The van der Waals surface area contributed by atoms with Crippen LogP contribution in [0.1, 0.15) is 27.6 Å². The minimum Gasteiger partial charge on any atom is -0.350 e. The van der Waals surface area contributed by atoms with Crippen molar-refractivity contribution in [2.24, 2.45) is 0 Å². The average molecular weight is 287 g/mol. The Morgan fingerprint density at radius 1 is 1.14 bits per heavy atom. The lowest BCUT2D eigenvalue weighted by Gasteiger charge is -2.47. The molecule has 3 saturated heterocycles. The number of benzene rings is 1. The highest BCUT2D eigenvalue weighted by atomic mass is 16.2. The smallest absolute Gasteiger partial charge is 0.252 e. The lowest BCUT2D eigenvalue weighted by atomic mass is 10.0. The first kappa shape index (κ1) is 14.2. The van der Waals surface area contributed by atoms with Crippen LogP contribution in [0.25, 0.3) is 0 Å². The molecule has 3 fully saturated rings. The van der Waals surface area contributed by atoms with E-state index in [1.807, 2.05) is 0 Å². The number of hydrogen-bond acceptors (Lipinski definition) is 4. The van der Waals surface area contributed by atoms with Gasteiger partial charge in [0.05, 0.1) is 5.56 Å². The first-order valence-electron chi connectivity index (χ1n) is 7.49. The van der Waals surface area contributed by atoms with Crippen LogP contribution in [0.4, 0.5) is 0 Å². The lowest BCUT2D eigenvalue weighted by molar-refractivity contribution is 0.0138. The predicted octanol–water partition coefficient (Wildman–Crippen LogP) is 0.619. The van der Waals surface area contributed by atoms with E-state index in [-0.39, 0.29) is 11.7 Å². The molecular formula is C16H21N3O2. The molecule has 0 radical (unpaired) electrons. The van der Waals surface area contributed by atoms with Crippen LogP contribution in [0.2, 0.25) is 0 Å². The summed E-state index contributed by atoms with van der Waals surface area (Å²) in [4.78, 5) is 28.8. The highest BCUT2D eigenvalue weighted by molar-refractivity contribution is 6.07. The first-order chi connectivity index (χ1) is 10.1. The fourth-order valence-corrected chi connectivity index (χ4v) is 3.21. The largest absolute Gasteiger partial charge is 0.350 e. The Kier molecular flexibility index (Phi) is 4.03. The molecule has 0 spiro atoms. The number of nitrogens with one attached hydrogen (secondary N) is 1. The molecule has 21 heavy (non-hydrogen) atoms. The predicted molar refractivity (Wildman–Crippen MR) is 80.6 cm³/mol. The molecule has 3 aliphatic rings. The molecule has 5 nitrogen and oxygen atoms in total. The maximum absolute atomic E-state index is 12.3. The quantitative estimate of drug-likeness (QED) is 0.825. The third-order valence-electron chi connectivity index (χ3n) is 4.44. The molecule has 3 heterocycles. The van der Waals surface area contributed by atoms with Gasteiger partial charge >= 0.3 is 0 Å². The summed E-state index contributed by atoms with van der Waals surface area (Å²) < 4.78 is 0. The summed E-state index contributed by atoms with van der Waals surface area (Å²) in [5.41, 5.74) is 0.963. The molecule has 112 valence electrons. The fraction of sp³-hybridized carbons (Fsp3) is 0.500. The van der Waals surface area contributed by atoms with Gasteiger partial charge in [-0.1, -0.05) is 18.2 Å². The van der Waals surface area contributed by atoms with Crippen LogP contribution in [0.5, 0.6) is 0 Å². The third kappa shape index (κ3) is 2.99. The van der Waals surface area contributed by atoms with Gasteiger partial charge in [0, 0.05) is 50.9 Å². The lowest BCUT2D eigenvalue weighted by Crippen LogP contribution is -2.63. The summed E-state index contributed by atoms with van der Waals surface area (Å²) in [7, 11) is 0. The summed E-state index contributed by atoms with van der Waals surface area (Å²) in [6.07, 6.45) is 0. The molecule has 1 amide bonds. The van der Waals surface area contributed by atoms with Crippen molar-refractivity contribution < 1.29 is 9.59 Å². The van der Waals surface area contributed by atoms with Gasteiger partial charge in [0.25, 0.3) is 5.91 Å². The van der Waals surface area contributed by atoms with Crippen LogP contribution in [-0.4, -0.2) is 66.8 Å². The second kappa shape index (κ2) is 5.95. The van der Waals surface area contributed by atoms with Crippen molar-refractivity contribution in [3.63, 3.8) is 0 Å². The van der Waals surface area contributed by atoms with E-state index in [4.69, 9.17) is 0 Å². The van der Waals surface area contributed by atoms with Crippen LogP contribution >= 0.6 is 0 Å². The average Bonchev–Trinajstić information content (AvgIpc) is 2.53. The van der Waals surface area contributed by atoms with E-state index in [0.29, 0.717) is 23.7 Å². The Labute approximate surface area is 124 Å². The van der Waals surface area contributed by atoms with Crippen LogP contribution in [0.15, 0.2) is 24.3 Å². The minimum atomic E-state index is -0.154. The fourth-order valence-electron chi connectivity index (χ4n) is 3.21. The van der Waals surface area contributed by atoms with Crippen molar-refractivity contribution >= 4 is 11.7 Å². The number of hydrogen-bond donors (Lipinski definition) is 1. The second-order valence-electron chi connectivity index (χ2n) is 5.80. The maximum atomic E-state index is 12.3. The minimum absolute atomic E-state index is 0.0765. The van der Waals surface area contributed by atoms with E-state index in [1.54, 1.807) is 24.3 Å². The zero-order chi connectivity index (χ0) is 14.8. The van der Waals surface area contributed by atoms with Crippen molar-refractivity contribution in [1.82, 2.24) is 15.1 Å². The zero-order valence-electron chi connectivity index (χ0n) is 12.3. The Balaban J connectivity index is 1.63. The summed E-state index contributed by atoms with van der Waals surface area (Å²) in [5, 5.41) is 2.99. The van der Waals surface area contributed by atoms with Gasteiger partial charge in [0.2, 0.25) is 0 Å². The number of fused-ring (bicyclic) bond motifs is 3. The van der Waals surface area contributed by atoms with E-state index in [0.717, 1.165) is 32.7 Å². The number of nitrogens with zero attached hydrogens (tertiary/aromatic N) is 2. The molecule has 1 atom stereocenters. The molecular weight excluding hydrogens is 266 g/mol. The number of amides is 1. The van der Waals surface area contributed by atoms with Crippen molar-refractivity contribution in [2.75, 3.05) is 39.3 Å². The molecule has 0 saturated carbocycles. The van der Waals surface area contributed by atoms with Gasteiger partial charge in [-0.05, 0) is 13.0 Å². The highest BCUT2D eigenvalue weighted by Gasteiger charge is 2.31. The van der Waals surface area contributed by atoms with E-state index in [9.17, 15) is 9.59 Å². The normalized spacial score (nSPS) is 27.4. The summed E-state index contributed by atoms with van der Waals surface area (Å²) in [6.45, 7) is 7.60. The van der Waals surface area contributed by atoms with Gasteiger partial charge in [-0.3, -0.25) is 19.4 Å². The monoisotopic (exact) mass is 287 g/mol. The van der Waals surface area contributed by atoms with Crippen LogP contribution in [-0.2, 0) is 0 Å². The van der Waals surface area contributed by atoms with Crippen molar-refractivity contribution in [1.29, 1.82) is 0 Å². The number of carbonyl (C=O) groups excluding carboxylic acids is 2. The Bertz CT molecular complexity index is 550. The van der Waals surface area contributed by atoms with Gasteiger partial charge < -0.3 is 5.32 Å². The highest BCUT2D eigenvalue weighted by Crippen LogP contribution is 2.15. The van der Waals surface area contributed by atoms with Crippen molar-refractivity contribution in [3.8, 4) is 0 Å². The Morgan fingerprint density at radius 3 is 2.38 bits per heavy atom. The maximum Gasteiger partial charge on any atom is 0.252 e. The molecule has 3 aliphatic heterocycles. The van der Waals surface area contributed by atoms with Gasteiger partial charge in [0.15, 0.2) is 5.78 Å². The SMILES string of the molecule is CC(=O)c1ccccc1C(=O)NCC1CN2CCN1CC2. The van der Waals surface area contributed by atoms with Crippen LogP contribution in [0, 0.1) is 0 Å². The molecule has 5 heteroatoms. The summed E-state index contributed by atoms with van der Waals surface area (Å²) >= 11 is 0. The standard InChI is InChI=1S/C16H21N3O2/c1-12(20)14-4-2-3-5-15(14)16(21)17-10-13-11-18-6-8-19(13)9-7-18/h2-5,13H,6-11H2,1H3,(H,17,21). The number of piperazine rings is 3. The number of Topliss-reactive ketones (excluding diaryl/α,β-unsaturated/α-hetero) is 1. The topological polar surface area (TPSA) is 52.7 Å². The van der Waals surface area contributed by atoms with E-state index in [2.05, 4.69) is 15.1 Å². The molecule has 0 aliphatic carbocycles. The third-order valence-corrected chi connectivity index (χ3v) is 4.44. The Hall–Kier alpha value is -1.72. The van der Waals surface area contributed by atoms with E-state index in [1.165, 1.54) is 6.92 Å². The van der Waals surface area contributed by atoms with Crippen molar-refractivity contribution in [2.45, 2.75) is 13.0 Å². The first-order valence-corrected chi connectivity index (χ1v) is 7.49. The molecule has 1 aromatic rings. The van der Waals surface area contributed by atoms with Gasteiger partial charge in [-0.2, -0.15) is 0 Å². The molecule has 1 N–H and O–H groups in total. The van der Waals surface area contributed by atoms with Gasteiger partial charge in [-0.15, -0.1) is 0 Å². The van der Waals surface area contributed by atoms with Gasteiger partial charge in [0.1, 0.15) is 0 Å².